The number of hydrogen-bond acceptors (Lipinski definition) is 5. The van der Waals surface area contributed by atoms with Gasteiger partial charge in [-0.1, -0.05) is 15.9 Å². The fraction of sp³-hybridized carbons (Fsp3) is 0.154. The maximum atomic E-state index is 8.51. The summed E-state index contributed by atoms with van der Waals surface area (Å²) in [6, 6.07) is 9.72. The van der Waals surface area contributed by atoms with E-state index < -0.39 is 0 Å². The molecule has 1 aromatic heterocycles. The zero-order chi connectivity index (χ0) is 13.7. The highest BCUT2D eigenvalue weighted by Crippen LogP contribution is 2.22. The molecule has 0 aliphatic heterocycles. The van der Waals surface area contributed by atoms with Gasteiger partial charge in [0.05, 0.1) is 6.07 Å². The smallest absolute Gasteiger partial charge is 0.135 e. The predicted octanol–water partition coefficient (Wildman–Crippen LogP) is 3.23. The summed E-state index contributed by atoms with van der Waals surface area (Å²) in [4.78, 5) is 8.17. The Labute approximate surface area is 119 Å². The fourth-order valence-electron chi connectivity index (χ4n) is 1.52. The lowest BCUT2D eigenvalue weighted by Gasteiger charge is -2.08. The Morgan fingerprint density at radius 1 is 1.26 bits per heavy atom. The minimum absolute atomic E-state index is 0.216. The van der Waals surface area contributed by atoms with Gasteiger partial charge in [0, 0.05) is 16.2 Å². The third-order valence-electron chi connectivity index (χ3n) is 2.45. The summed E-state index contributed by atoms with van der Waals surface area (Å²) in [7, 11) is 0. The topological polar surface area (TPSA) is 73.6 Å². The van der Waals surface area contributed by atoms with Crippen molar-refractivity contribution < 1.29 is 0 Å². The zero-order valence-corrected chi connectivity index (χ0v) is 11.9. The highest BCUT2D eigenvalue weighted by Gasteiger charge is 2.01. The Kier molecular flexibility index (Phi) is 4.31. The number of rotatable bonds is 4. The third-order valence-corrected chi connectivity index (χ3v) is 3.34. The van der Waals surface area contributed by atoms with E-state index in [0.717, 1.165) is 15.7 Å². The second kappa shape index (κ2) is 6.16. The standard InChI is InChI=1S/C13H12BrN5/c1-9-6-10(2-3-11(9)14)19-13-7-12(16-5-4-15)17-8-18-13/h2-3,6-8H,5H2,1H3,(H2,16,17,18,19). The minimum atomic E-state index is 0.216. The second-order valence-electron chi connectivity index (χ2n) is 3.89. The largest absolute Gasteiger partial charge is 0.357 e. The monoisotopic (exact) mass is 317 g/mol. The van der Waals surface area contributed by atoms with Crippen molar-refractivity contribution in [3.8, 4) is 6.07 Å². The van der Waals surface area contributed by atoms with Crippen LogP contribution in [0.1, 0.15) is 5.56 Å². The van der Waals surface area contributed by atoms with Crippen molar-refractivity contribution in [1.82, 2.24) is 9.97 Å². The van der Waals surface area contributed by atoms with Gasteiger partial charge in [-0.3, -0.25) is 0 Å². The van der Waals surface area contributed by atoms with Crippen LogP contribution in [0, 0.1) is 18.3 Å². The van der Waals surface area contributed by atoms with Gasteiger partial charge in [-0.25, -0.2) is 9.97 Å². The van der Waals surface area contributed by atoms with E-state index in [1.165, 1.54) is 6.33 Å². The molecule has 2 N–H and O–H groups in total. The van der Waals surface area contributed by atoms with Crippen molar-refractivity contribution in [2.45, 2.75) is 6.92 Å². The average molecular weight is 318 g/mol. The molecule has 6 heteroatoms. The first kappa shape index (κ1) is 13.3. The quantitative estimate of drug-likeness (QED) is 0.847. The van der Waals surface area contributed by atoms with E-state index in [-0.39, 0.29) is 6.54 Å². The van der Waals surface area contributed by atoms with E-state index in [0.29, 0.717) is 11.6 Å². The van der Waals surface area contributed by atoms with Gasteiger partial charge in [0.15, 0.2) is 0 Å². The Morgan fingerprint density at radius 3 is 2.79 bits per heavy atom. The lowest BCUT2D eigenvalue weighted by molar-refractivity contribution is 1.14. The number of anilines is 3. The van der Waals surface area contributed by atoms with Crippen molar-refractivity contribution in [2.24, 2.45) is 0 Å². The molecule has 0 unspecified atom stereocenters. The van der Waals surface area contributed by atoms with Crippen molar-refractivity contribution in [1.29, 1.82) is 5.26 Å². The maximum Gasteiger partial charge on any atom is 0.135 e. The number of halogens is 1. The molecule has 0 aliphatic rings. The molecule has 96 valence electrons. The van der Waals surface area contributed by atoms with Crippen LogP contribution >= 0.6 is 15.9 Å². The van der Waals surface area contributed by atoms with E-state index in [2.05, 4.69) is 36.5 Å². The van der Waals surface area contributed by atoms with Crippen LogP contribution in [0.25, 0.3) is 0 Å². The number of aromatic nitrogens is 2. The Morgan fingerprint density at radius 2 is 2.05 bits per heavy atom. The zero-order valence-electron chi connectivity index (χ0n) is 10.3. The Bertz CT molecular complexity index is 621. The van der Waals surface area contributed by atoms with E-state index in [4.69, 9.17) is 5.26 Å². The molecular formula is C13H12BrN5. The van der Waals surface area contributed by atoms with Crippen LogP contribution in [0.15, 0.2) is 35.1 Å². The molecular weight excluding hydrogens is 306 g/mol. The first-order valence-corrected chi connectivity index (χ1v) is 6.44. The summed E-state index contributed by atoms with van der Waals surface area (Å²) in [5.41, 5.74) is 2.09. The highest BCUT2D eigenvalue weighted by molar-refractivity contribution is 9.10. The van der Waals surface area contributed by atoms with Gasteiger partial charge in [-0.15, -0.1) is 0 Å². The van der Waals surface area contributed by atoms with Gasteiger partial charge in [-0.2, -0.15) is 5.26 Å². The van der Waals surface area contributed by atoms with Crippen molar-refractivity contribution in [2.75, 3.05) is 17.2 Å². The molecule has 0 saturated heterocycles. The molecule has 0 fully saturated rings. The van der Waals surface area contributed by atoms with Crippen LogP contribution < -0.4 is 10.6 Å². The SMILES string of the molecule is Cc1cc(Nc2cc(NCC#N)ncn2)ccc1Br. The molecule has 2 rings (SSSR count). The van der Waals surface area contributed by atoms with Crippen molar-refractivity contribution in [3.63, 3.8) is 0 Å². The summed E-state index contributed by atoms with van der Waals surface area (Å²) in [6.45, 7) is 2.24. The molecule has 1 heterocycles. The predicted molar refractivity (Wildman–Crippen MR) is 78.3 cm³/mol. The van der Waals surface area contributed by atoms with Crippen LogP contribution in [-0.2, 0) is 0 Å². The highest BCUT2D eigenvalue weighted by atomic mass is 79.9. The van der Waals surface area contributed by atoms with Crippen LogP contribution in [0.4, 0.5) is 17.3 Å². The number of benzene rings is 1. The molecule has 5 nitrogen and oxygen atoms in total. The van der Waals surface area contributed by atoms with Gasteiger partial charge in [-0.05, 0) is 30.7 Å². The molecule has 0 aliphatic carbocycles. The summed E-state index contributed by atoms with van der Waals surface area (Å²) in [5, 5.41) is 14.6. The first-order valence-electron chi connectivity index (χ1n) is 5.65. The number of nitrogens with zero attached hydrogens (tertiary/aromatic N) is 3. The second-order valence-corrected chi connectivity index (χ2v) is 4.74. The van der Waals surface area contributed by atoms with E-state index in [1.807, 2.05) is 31.2 Å². The summed E-state index contributed by atoms with van der Waals surface area (Å²) in [6.07, 6.45) is 1.45. The Hall–Kier alpha value is -2.13. The average Bonchev–Trinajstić information content (AvgIpc) is 2.41. The Balaban J connectivity index is 2.14. The molecule has 0 amide bonds. The van der Waals surface area contributed by atoms with Gasteiger partial charge in [0.25, 0.3) is 0 Å². The normalized spacial score (nSPS) is 9.74. The van der Waals surface area contributed by atoms with Crippen LogP contribution in [0.5, 0.6) is 0 Å². The molecule has 0 spiro atoms. The van der Waals surface area contributed by atoms with Crippen molar-refractivity contribution in [3.05, 3.63) is 40.6 Å². The number of nitriles is 1. The molecule has 2 aromatic rings. The molecule has 0 atom stereocenters. The van der Waals surface area contributed by atoms with E-state index in [9.17, 15) is 0 Å². The van der Waals surface area contributed by atoms with Crippen LogP contribution in [0.3, 0.4) is 0 Å². The maximum absolute atomic E-state index is 8.51. The van der Waals surface area contributed by atoms with Gasteiger partial charge < -0.3 is 10.6 Å². The minimum Gasteiger partial charge on any atom is -0.357 e. The third kappa shape index (κ3) is 3.66. The molecule has 0 radical (unpaired) electrons. The van der Waals surface area contributed by atoms with Crippen LogP contribution in [0.2, 0.25) is 0 Å². The summed E-state index contributed by atoms with van der Waals surface area (Å²) >= 11 is 3.46. The van der Waals surface area contributed by atoms with Gasteiger partial charge in [0.2, 0.25) is 0 Å². The van der Waals surface area contributed by atoms with Gasteiger partial charge >= 0.3 is 0 Å². The summed E-state index contributed by atoms with van der Waals surface area (Å²) < 4.78 is 1.07. The molecule has 0 bridgehead atoms. The van der Waals surface area contributed by atoms with Crippen LogP contribution in [-0.4, -0.2) is 16.5 Å². The van der Waals surface area contributed by atoms with E-state index in [1.54, 1.807) is 6.07 Å². The number of hydrogen-bond donors (Lipinski definition) is 2. The first-order chi connectivity index (χ1) is 9.19. The molecule has 1 aromatic carbocycles. The van der Waals surface area contributed by atoms with Crippen molar-refractivity contribution >= 4 is 33.3 Å². The molecule has 0 saturated carbocycles. The molecule has 19 heavy (non-hydrogen) atoms. The fourth-order valence-corrected chi connectivity index (χ4v) is 1.77. The van der Waals surface area contributed by atoms with Gasteiger partial charge in [0.1, 0.15) is 24.5 Å². The lowest BCUT2D eigenvalue weighted by Crippen LogP contribution is -2.02. The van der Waals surface area contributed by atoms with E-state index >= 15 is 0 Å². The number of aryl methyl sites for hydroxylation is 1. The summed E-state index contributed by atoms with van der Waals surface area (Å²) in [5.74, 6) is 1.30. The number of nitrogens with one attached hydrogen (secondary N) is 2. The lowest BCUT2D eigenvalue weighted by atomic mass is 10.2.